The highest BCUT2D eigenvalue weighted by atomic mass is 16.5. The first-order chi connectivity index (χ1) is 10.5. The summed E-state index contributed by atoms with van der Waals surface area (Å²) in [6.07, 6.45) is 2.15. The molecular formula is C17H23NO4. The van der Waals surface area contributed by atoms with E-state index in [0.717, 1.165) is 17.7 Å². The van der Waals surface area contributed by atoms with Crippen LogP contribution in [0.2, 0.25) is 0 Å². The molecule has 1 aromatic rings. The highest BCUT2D eigenvalue weighted by molar-refractivity contribution is 5.80. The van der Waals surface area contributed by atoms with Crippen molar-refractivity contribution < 1.29 is 19.4 Å². The molecule has 2 rings (SSSR count). The second kappa shape index (κ2) is 6.81. The summed E-state index contributed by atoms with van der Waals surface area (Å²) in [5, 5.41) is 9.30. The van der Waals surface area contributed by atoms with Crippen molar-refractivity contribution in [2.24, 2.45) is 5.41 Å². The quantitative estimate of drug-likeness (QED) is 0.906. The number of aliphatic carboxylic acids is 1. The number of aryl methyl sites for hydroxylation is 1. The molecule has 1 saturated heterocycles. The summed E-state index contributed by atoms with van der Waals surface area (Å²) in [5.74, 6) is -0.281. The van der Waals surface area contributed by atoms with Gasteiger partial charge < -0.3 is 14.7 Å². The number of carboxylic acid groups (broad SMARTS) is 1. The molecular weight excluding hydrogens is 282 g/mol. The number of carbonyl (C=O) groups excluding carboxylic acids is 1. The molecule has 1 heterocycles. The Morgan fingerprint density at radius 2 is 2.09 bits per heavy atom. The number of nitrogens with zero attached hydrogens (tertiary/aromatic N) is 1. The van der Waals surface area contributed by atoms with Gasteiger partial charge in [-0.3, -0.25) is 9.59 Å². The van der Waals surface area contributed by atoms with E-state index in [-0.39, 0.29) is 19.1 Å². The summed E-state index contributed by atoms with van der Waals surface area (Å²) in [6.45, 7) is 4.53. The van der Waals surface area contributed by atoms with Gasteiger partial charge >= 0.3 is 5.97 Å². The van der Waals surface area contributed by atoms with Crippen molar-refractivity contribution in [2.45, 2.75) is 33.1 Å². The molecule has 0 radical (unpaired) electrons. The van der Waals surface area contributed by atoms with Gasteiger partial charge in [-0.2, -0.15) is 0 Å². The van der Waals surface area contributed by atoms with Crippen LogP contribution < -0.4 is 4.74 Å². The van der Waals surface area contributed by atoms with Crippen molar-refractivity contribution in [3.63, 3.8) is 0 Å². The Morgan fingerprint density at radius 1 is 1.36 bits per heavy atom. The molecule has 5 nitrogen and oxygen atoms in total. The van der Waals surface area contributed by atoms with E-state index in [0.29, 0.717) is 19.4 Å². The monoisotopic (exact) mass is 305 g/mol. The summed E-state index contributed by atoms with van der Waals surface area (Å²) in [6, 6.07) is 7.64. The highest BCUT2D eigenvalue weighted by Crippen LogP contribution is 2.29. The second-order valence-electron chi connectivity index (χ2n) is 6.03. The Kier molecular flexibility index (Phi) is 5.06. The van der Waals surface area contributed by atoms with Crippen molar-refractivity contribution in [1.29, 1.82) is 0 Å². The number of hydrogen-bond acceptors (Lipinski definition) is 3. The van der Waals surface area contributed by atoms with Gasteiger partial charge in [-0.15, -0.1) is 0 Å². The Labute approximate surface area is 130 Å². The lowest BCUT2D eigenvalue weighted by Gasteiger charge is -2.37. The van der Waals surface area contributed by atoms with E-state index in [9.17, 15) is 14.7 Å². The van der Waals surface area contributed by atoms with E-state index in [1.165, 1.54) is 0 Å². The summed E-state index contributed by atoms with van der Waals surface area (Å²) in [7, 11) is 0. The normalized spacial score (nSPS) is 21.5. The molecule has 22 heavy (non-hydrogen) atoms. The molecule has 0 aliphatic carbocycles. The number of benzene rings is 1. The number of piperidine rings is 1. The van der Waals surface area contributed by atoms with Crippen molar-refractivity contribution in [3.05, 3.63) is 29.8 Å². The lowest BCUT2D eigenvalue weighted by atomic mass is 9.82. The molecule has 1 aromatic carbocycles. The smallest absolute Gasteiger partial charge is 0.311 e. The predicted octanol–water partition coefficient (Wildman–Crippen LogP) is 2.34. The molecule has 0 saturated carbocycles. The van der Waals surface area contributed by atoms with Crippen LogP contribution in [-0.2, 0) is 16.0 Å². The summed E-state index contributed by atoms with van der Waals surface area (Å²) >= 11 is 0. The van der Waals surface area contributed by atoms with Gasteiger partial charge in [0.1, 0.15) is 5.75 Å². The maximum Gasteiger partial charge on any atom is 0.311 e. The zero-order valence-electron chi connectivity index (χ0n) is 13.2. The van der Waals surface area contributed by atoms with E-state index >= 15 is 0 Å². The SMILES string of the molecule is CCc1ccccc1OCC(=O)N1CCCC(C)(C(=O)O)C1. The fourth-order valence-electron chi connectivity index (χ4n) is 2.79. The minimum atomic E-state index is -0.852. The zero-order valence-corrected chi connectivity index (χ0v) is 13.2. The van der Waals surface area contributed by atoms with E-state index in [4.69, 9.17) is 4.74 Å². The minimum absolute atomic E-state index is 0.0489. The lowest BCUT2D eigenvalue weighted by molar-refractivity contribution is -0.153. The number of hydrogen-bond donors (Lipinski definition) is 1. The average Bonchev–Trinajstić information content (AvgIpc) is 2.52. The largest absolute Gasteiger partial charge is 0.483 e. The Balaban J connectivity index is 1.96. The Bertz CT molecular complexity index is 557. The van der Waals surface area contributed by atoms with Crippen molar-refractivity contribution in [2.75, 3.05) is 19.7 Å². The molecule has 1 aliphatic heterocycles. The fourth-order valence-corrected chi connectivity index (χ4v) is 2.79. The molecule has 0 spiro atoms. The van der Waals surface area contributed by atoms with Crippen molar-refractivity contribution in [3.8, 4) is 5.75 Å². The minimum Gasteiger partial charge on any atom is -0.483 e. The third kappa shape index (κ3) is 3.59. The summed E-state index contributed by atoms with van der Waals surface area (Å²) < 4.78 is 5.63. The number of para-hydroxylation sites is 1. The van der Waals surface area contributed by atoms with Crippen LogP contribution in [0.25, 0.3) is 0 Å². The second-order valence-corrected chi connectivity index (χ2v) is 6.03. The summed E-state index contributed by atoms with van der Waals surface area (Å²) in [5.41, 5.74) is 0.208. The Morgan fingerprint density at radius 3 is 2.77 bits per heavy atom. The standard InChI is InChI=1S/C17H23NO4/c1-3-13-7-4-5-8-14(13)22-11-15(19)18-10-6-9-17(2,12-18)16(20)21/h4-5,7-8H,3,6,9-12H2,1-2H3,(H,20,21). The van der Waals surface area contributed by atoms with Gasteiger partial charge in [0.15, 0.2) is 6.61 Å². The molecule has 1 N–H and O–H groups in total. The fraction of sp³-hybridized carbons (Fsp3) is 0.529. The average molecular weight is 305 g/mol. The topological polar surface area (TPSA) is 66.8 Å². The number of rotatable bonds is 5. The Hall–Kier alpha value is -2.04. The van der Waals surface area contributed by atoms with E-state index in [2.05, 4.69) is 0 Å². The maximum atomic E-state index is 12.3. The number of ether oxygens (including phenoxy) is 1. The molecule has 5 heteroatoms. The van der Waals surface area contributed by atoms with Crippen LogP contribution in [0.3, 0.4) is 0 Å². The number of amides is 1. The first-order valence-electron chi connectivity index (χ1n) is 7.68. The van der Waals surface area contributed by atoms with Crippen LogP contribution in [0.15, 0.2) is 24.3 Å². The van der Waals surface area contributed by atoms with E-state index < -0.39 is 11.4 Å². The first kappa shape index (κ1) is 16.3. The van der Waals surface area contributed by atoms with Crippen LogP contribution in [0.5, 0.6) is 5.75 Å². The molecule has 1 unspecified atom stereocenters. The molecule has 1 amide bonds. The van der Waals surface area contributed by atoms with Gasteiger partial charge in [0.05, 0.1) is 5.41 Å². The molecule has 0 bridgehead atoms. The molecule has 1 atom stereocenters. The van der Waals surface area contributed by atoms with Crippen molar-refractivity contribution in [1.82, 2.24) is 4.90 Å². The zero-order chi connectivity index (χ0) is 16.2. The van der Waals surface area contributed by atoms with E-state index in [1.807, 2.05) is 31.2 Å². The van der Waals surface area contributed by atoms with Gasteiger partial charge in [0.2, 0.25) is 0 Å². The molecule has 0 aromatic heterocycles. The lowest BCUT2D eigenvalue weighted by Crippen LogP contribution is -2.49. The first-order valence-corrected chi connectivity index (χ1v) is 7.68. The molecule has 1 fully saturated rings. The maximum absolute atomic E-state index is 12.3. The van der Waals surface area contributed by atoms with Crippen LogP contribution in [0.1, 0.15) is 32.3 Å². The van der Waals surface area contributed by atoms with Gasteiger partial charge in [-0.25, -0.2) is 0 Å². The van der Waals surface area contributed by atoms with Crippen LogP contribution in [0.4, 0.5) is 0 Å². The van der Waals surface area contributed by atoms with E-state index in [1.54, 1.807) is 11.8 Å². The van der Waals surface area contributed by atoms with Gasteiger partial charge in [0, 0.05) is 13.1 Å². The third-order valence-electron chi connectivity index (χ3n) is 4.27. The van der Waals surface area contributed by atoms with Crippen LogP contribution in [0, 0.1) is 5.41 Å². The number of carboxylic acids is 1. The van der Waals surface area contributed by atoms with Gasteiger partial charge in [0.25, 0.3) is 5.91 Å². The molecule has 120 valence electrons. The van der Waals surface area contributed by atoms with Crippen LogP contribution in [-0.4, -0.2) is 41.6 Å². The van der Waals surface area contributed by atoms with Crippen LogP contribution >= 0.6 is 0 Å². The highest BCUT2D eigenvalue weighted by Gasteiger charge is 2.39. The van der Waals surface area contributed by atoms with Gasteiger partial charge in [-0.1, -0.05) is 25.1 Å². The van der Waals surface area contributed by atoms with Crippen molar-refractivity contribution >= 4 is 11.9 Å². The number of carbonyl (C=O) groups is 2. The third-order valence-corrected chi connectivity index (χ3v) is 4.27. The molecule has 1 aliphatic rings. The summed E-state index contributed by atoms with van der Waals surface area (Å²) in [4.78, 5) is 25.2. The van der Waals surface area contributed by atoms with Gasteiger partial charge in [-0.05, 0) is 37.8 Å². The predicted molar refractivity (Wildman–Crippen MR) is 82.9 cm³/mol. The number of likely N-dealkylation sites (tertiary alicyclic amines) is 1.